The van der Waals surface area contributed by atoms with Crippen LogP contribution in [0.2, 0.25) is 0 Å². The molecule has 1 atom stereocenters. The number of nitrogens with one attached hydrogen (secondary N) is 1. The molecule has 4 N–H and O–H groups in total. The van der Waals surface area contributed by atoms with Crippen molar-refractivity contribution in [1.29, 1.82) is 0 Å². The van der Waals surface area contributed by atoms with Crippen molar-refractivity contribution in [2.24, 2.45) is 5.92 Å². The number of hydrogen-bond acceptors (Lipinski definition) is 4. The Morgan fingerprint density at radius 2 is 2.33 bits per heavy atom. The van der Waals surface area contributed by atoms with Crippen LogP contribution in [0.25, 0.3) is 0 Å². The summed E-state index contributed by atoms with van der Waals surface area (Å²) in [5.41, 5.74) is 8.20. The fourth-order valence-corrected chi connectivity index (χ4v) is 2.78. The highest BCUT2D eigenvalue weighted by Gasteiger charge is 2.22. The molecule has 5 nitrogen and oxygen atoms in total. The van der Waals surface area contributed by atoms with Crippen LogP contribution in [0, 0.1) is 12.8 Å². The van der Waals surface area contributed by atoms with Crippen molar-refractivity contribution >= 4 is 17.3 Å². The van der Waals surface area contributed by atoms with Gasteiger partial charge in [0.1, 0.15) is 0 Å². The minimum atomic E-state index is 0.0225. The lowest BCUT2D eigenvalue weighted by atomic mass is 10.1. The number of aliphatic hydroxyl groups is 1. The van der Waals surface area contributed by atoms with Gasteiger partial charge < -0.3 is 21.1 Å². The van der Waals surface area contributed by atoms with Crippen LogP contribution in [-0.4, -0.2) is 42.2 Å². The van der Waals surface area contributed by atoms with Crippen LogP contribution < -0.4 is 11.1 Å². The third kappa shape index (κ3) is 4.72. The van der Waals surface area contributed by atoms with Crippen molar-refractivity contribution in [3.05, 3.63) is 23.8 Å². The number of aliphatic hydroxyl groups excluding tert-OH is 1. The molecule has 1 aliphatic heterocycles. The van der Waals surface area contributed by atoms with E-state index in [4.69, 9.17) is 10.8 Å². The van der Waals surface area contributed by atoms with Crippen LogP contribution in [0.3, 0.4) is 0 Å². The molecule has 1 heterocycles. The summed E-state index contributed by atoms with van der Waals surface area (Å²) in [6, 6.07) is 5.53. The second-order valence-electron chi connectivity index (χ2n) is 5.84. The van der Waals surface area contributed by atoms with Crippen molar-refractivity contribution in [2.45, 2.75) is 26.2 Å². The number of aryl methyl sites for hydroxylation is 1. The zero-order valence-electron chi connectivity index (χ0n) is 12.6. The topological polar surface area (TPSA) is 78.6 Å². The number of nitrogens with two attached hydrogens (primary N) is 1. The van der Waals surface area contributed by atoms with Gasteiger partial charge in [0, 0.05) is 37.5 Å². The molecular formula is C16H25N3O2. The predicted octanol–water partition coefficient (Wildman–Crippen LogP) is 1.61. The highest BCUT2D eigenvalue weighted by Crippen LogP contribution is 2.20. The van der Waals surface area contributed by atoms with Gasteiger partial charge in [0.25, 0.3) is 0 Å². The standard InChI is InChI=1S/C16H25N3O2/c1-12-2-3-14(17)10-15(12)18-16(21)5-8-19-7-4-13(11-19)6-9-20/h2-3,10,13,20H,4-9,11,17H2,1H3,(H,18,21). The van der Waals surface area contributed by atoms with Crippen LogP contribution in [0.1, 0.15) is 24.8 Å². The zero-order chi connectivity index (χ0) is 15.2. The molecule has 0 aromatic heterocycles. The molecule has 0 radical (unpaired) electrons. The Labute approximate surface area is 126 Å². The van der Waals surface area contributed by atoms with E-state index in [-0.39, 0.29) is 12.5 Å². The third-order valence-corrected chi connectivity index (χ3v) is 4.10. The van der Waals surface area contributed by atoms with Crippen molar-refractivity contribution in [1.82, 2.24) is 4.90 Å². The van der Waals surface area contributed by atoms with E-state index in [1.165, 1.54) is 0 Å². The first-order valence-electron chi connectivity index (χ1n) is 7.57. The van der Waals surface area contributed by atoms with Gasteiger partial charge in [0.2, 0.25) is 5.91 Å². The Kier molecular flexibility index (Phi) is 5.59. The molecule has 1 amide bonds. The fourth-order valence-electron chi connectivity index (χ4n) is 2.78. The van der Waals surface area contributed by atoms with Crippen LogP contribution in [0.15, 0.2) is 18.2 Å². The van der Waals surface area contributed by atoms with Gasteiger partial charge in [-0.25, -0.2) is 0 Å². The maximum atomic E-state index is 12.0. The lowest BCUT2D eigenvalue weighted by molar-refractivity contribution is -0.116. The van der Waals surface area contributed by atoms with Crippen LogP contribution in [-0.2, 0) is 4.79 Å². The summed E-state index contributed by atoms with van der Waals surface area (Å²) in [6.45, 7) is 5.00. The first kappa shape index (κ1) is 15.8. The Hall–Kier alpha value is -1.59. The molecule has 0 spiro atoms. The normalized spacial score (nSPS) is 18.9. The molecular weight excluding hydrogens is 266 g/mol. The molecule has 1 aromatic carbocycles. The summed E-state index contributed by atoms with van der Waals surface area (Å²) in [5.74, 6) is 0.600. The number of carbonyl (C=O) groups is 1. The maximum Gasteiger partial charge on any atom is 0.225 e. The maximum absolute atomic E-state index is 12.0. The van der Waals surface area contributed by atoms with Crippen molar-refractivity contribution in [3.8, 4) is 0 Å². The Morgan fingerprint density at radius 1 is 1.52 bits per heavy atom. The summed E-state index contributed by atoms with van der Waals surface area (Å²) in [6.07, 6.45) is 2.47. The molecule has 5 heteroatoms. The predicted molar refractivity (Wildman–Crippen MR) is 85.1 cm³/mol. The number of likely N-dealkylation sites (tertiary alicyclic amines) is 1. The molecule has 0 saturated carbocycles. The lowest BCUT2D eigenvalue weighted by Gasteiger charge is -2.16. The molecule has 1 aromatic rings. The number of nitrogen functional groups attached to an aromatic ring is 1. The van der Waals surface area contributed by atoms with Crippen molar-refractivity contribution in [3.63, 3.8) is 0 Å². The van der Waals surface area contributed by atoms with Crippen molar-refractivity contribution < 1.29 is 9.90 Å². The summed E-state index contributed by atoms with van der Waals surface area (Å²) >= 11 is 0. The minimum Gasteiger partial charge on any atom is -0.399 e. The molecule has 1 aliphatic rings. The summed E-state index contributed by atoms with van der Waals surface area (Å²) in [4.78, 5) is 14.3. The van der Waals surface area contributed by atoms with Gasteiger partial charge in [-0.15, -0.1) is 0 Å². The molecule has 1 fully saturated rings. The van der Waals surface area contributed by atoms with Gasteiger partial charge in [-0.2, -0.15) is 0 Å². The van der Waals surface area contributed by atoms with Gasteiger partial charge in [-0.3, -0.25) is 4.79 Å². The second kappa shape index (κ2) is 7.43. The number of benzene rings is 1. The molecule has 0 bridgehead atoms. The molecule has 1 unspecified atom stereocenters. The summed E-state index contributed by atoms with van der Waals surface area (Å²) < 4.78 is 0. The third-order valence-electron chi connectivity index (χ3n) is 4.10. The van der Waals surface area contributed by atoms with Crippen LogP contribution in [0.5, 0.6) is 0 Å². The van der Waals surface area contributed by atoms with Gasteiger partial charge >= 0.3 is 0 Å². The fraction of sp³-hybridized carbons (Fsp3) is 0.562. The van der Waals surface area contributed by atoms with E-state index in [1.54, 1.807) is 6.07 Å². The number of anilines is 2. The first-order chi connectivity index (χ1) is 10.1. The number of rotatable bonds is 6. The van der Waals surface area contributed by atoms with E-state index >= 15 is 0 Å². The van der Waals surface area contributed by atoms with E-state index in [0.29, 0.717) is 18.0 Å². The van der Waals surface area contributed by atoms with Crippen LogP contribution in [0.4, 0.5) is 11.4 Å². The van der Waals surface area contributed by atoms with Gasteiger partial charge in [-0.05, 0) is 49.9 Å². The highest BCUT2D eigenvalue weighted by atomic mass is 16.3. The Morgan fingerprint density at radius 3 is 3.10 bits per heavy atom. The largest absolute Gasteiger partial charge is 0.399 e. The molecule has 0 aliphatic carbocycles. The molecule has 2 rings (SSSR count). The first-order valence-corrected chi connectivity index (χ1v) is 7.57. The number of hydrogen-bond donors (Lipinski definition) is 3. The Balaban J connectivity index is 1.76. The second-order valence-corrected chi connectivity index (χ2v) is 5.84. The molecule has 21 heavy (non-hydrogen) atoms. The van der Waals surface area contributed by atoms with Crippen LogP contribution >= 0.6 is 0 Å². The average molecular weight is 291 g/mol. The van der Waals surface area contributed by atoms with E-state index < -0.39 is 0 Å². The van der Waals surface area contributed by atoms with E-state index in [1.807, 2.05) is 19.1 Å². The van der Waals surface area contributed by atoms with Gasteiger partial charge in [0.15, 0.2) is 0 Å². The minimum absolute atomic E-state index is 0.0225. The monoisotopic (exact) mass is 291 g/mol. The molecule has 1 saturated heterocycles. The quantitative estimate of drug-likeness (QED) is 0.696. The summed E-state index contributed by atoms with van der Waals surface area (Å²) in [5, 5.41) is 11.9. The average Bonchev–Trinajstić information content (AvgIpc) is 2.89. The Bertz CT molecular complexity index is 490. The number of nitrogens with zero attached hydrogens (tertiary/aromatic N) is 1. The number of carbonyl (C=O) groups excluding carboxylic acids is 1. The van der Waals surface area contributed by atoms with Crippen molar-refractivity contribution in [2.75, 3.05) is 37.3 Å². The zero-order valence-corrected chi connectivity index (χ0v) is 12.6. The summed E-state index contributed by atoms with van der Waals surface area (Å²) in [7, 11) is 0. The smallest absolute Gasteiger partial charge is 0.225 e. The highest BCUT2D eigenvalue weighted by molar-refractivity contribution is 5.92. The van der Waals surface area contributed by atoms with Gasteiger partial charge in [-0.1, -0.05) is 6.07 Å². The SMILES string of the molecule is Cc1ccc(N)cc1NC(=O)CCN1CCC(CCO)C1. The van der Waals surface area contributed by atoms with Gasteiger partial charge in [0.05, 0.1) is 0 Å². The van der Waals surface area contributed by atoms with E-state index in [2.05, 4.69) is 10.2 Å². The molecule has 116 valence electrons. The van der Waals surface area contributed by atoms with E-state index in [9.17, 15) is 4.79 Å². The van der Waals surface area contributed by atoms with E-state index in [0.717, 1.165) is 43.7 Å². The lowest BCUT2D eigenvalue weighted by Crippen LogP contribution is -2.26. The number of amides is 1.